The summed E-state index contributed by atoms with van der Waals surface area (Å²) >= 11 is 0. The smallest absolute Gasteiger partial charge is 0.307 e. The number of carbonyl (C=O) groups is 1. The van der Waals surface area contributed by atoms with Crippen molar-refractivity contribution >= 4 is 15.8 Å². The minimum Gasteiger partial charge on any atom is -0.493 e. The maximum absolute atomic E-state index is 12.0. The van der Waals surface area contributed by atoms with Crippen LogP contribution in [0.25, 0.3) is 0 Å². The average Bonchev–Trinajstić information content (AvgIpc) is 2.71. The number of ether oxygens (including phenoxy) is 1. The van der Waals surface area contributed by atoms with Crippen LogP contribution in [0.5, 0.6) is 5.75 Å². The van der Waals surface area contributed by atoms with Crippen LogP contribution in [-0.4, -0.2) is 37.6 Å². The highest BCUT2D eigenvalue weighted by Crippen LogP contribution is 2.34. The normalized spacial score (nSPS) is 19.5. The lowest BCUT2D eigenvalue weighted by Crippen LogP contribution is -2.25. The van der Waals surface area contributed by atoms with Gasteiger partial charge in [-0.05, 0) is 6.07 Å². The third-order valence-electron chi connectivity index (χ3n) is 3.18. The van der Waals surface area contributed by atoms with Gasteiger partial charge in [-0.2, -0.15) is 0 Å². The second-order valence-electron chi connectivity index (χ2n) is 4.86. The van der Waals surface area contributed by atoms with Gasteiger partial charge in [-0.1, -0.05) is 25.1 Å². The number of carboxylic acid groups (broad SMARTS) is 1. The molecule has 1 aliphatic rings. The minimum atomic E-state index is -3.41. The summed E-state index contributed by atoms with van der Waals surface area (Å²) in [4.78, 5) is 10.7. The molecule has 1 aliphatic heterocycles. The van der Waals surface area contributed by atoms with Crippen molar-refractivity contribution in [3.05, 3.63) is 29.8 Å². The Morgan fingerprint density at radius 3 is 2.84 bits per heavy atom. The predicted molar refractivity (Wildman–Crippen MR) is 70.1 cm³/mol. The van der Waals surface area contributed by atoms with Gasteiger partial charge in [0.25, 0.3) is 0 Å². The van der Waals surface area contributed by atoms with Crippen molar-refractivity contribution < 1.29 is 23.1 Å². The summed E-state index contributed by atoms with van der Waals surface area (Å²) in [6.07, 6.45) is 0. The molecule has 1 N–H and O–H groups in total. The highest BCUT2D eigenvalue weighted by atomic mass is 32.2. The molecule has 1 aromatic carbocycles. The van der Waals surface area contributed by atoms with E-state index in [2.05, 4.69) is 0 Å². The van der Waals surface area contributed by atoms with Crippen LogP contribution in [-0.2, 0) is 14.6 Å². The second kappa shape index (κ2) is 5.21. The van der Waals surface area contributed by atoms with Crippen molar-refractivity contribution in [3.63, 3.8) is 0 Å². The maximum atomic E-state index is 12.0. The van der Waals surface area contributed by atoms with E-state index in [1.807, 2.05) is 24.3 Å². The monoisotopic (exact) mass is 284 g/mol. The fourth-order valence-electron chi connectivity index (χ4n) is 2.19. The van der Waals surface area contributed by atoms with Crippen molar-refractivity contribution in [1.29, 1.82) is 0 Å². The first kappa shape index (κ1) is 13.9. The van der Waals surface area contributed by atoms with Gasteiger partial charge in [0, 0.05) is 11.5 Å². The van der Waals surface area contributed by atoms with Crippen LogP contribution in [0, 0.1) is 5.92 Å². The fraction of sp³-hybridized carbons (Fsp3) is 0.462. The standard InChI is InChI=1S/C13H16O5S/c1-9(13(14)15)7-19(16,17)8-10-6-18-12-5-3-2-4-11(10)12/h2-5,9-10H,6-8H2,1H3,(H,14,15). The zero-order valence-corrected chi connectivity index (χ0v) is 11.4. The molecule has 0 radical (unpaired) electrons. The molecule has 1 heterocycles. The van der Waals surface area contributed by atoms with E-state index >= 15 is 0 Å². The van der Waals surface area contributed by atoms with Crippen LogP contribution >= 0.6 is 0 Å². The van der Waals surface area contributed by atoms with Crippen molar-refractivity contribution in [1.82, 2.24) is 0 Å². The Balaban J connectivity index is 2.08. The molecule has 2 atom stereocenters. The number of fused-ring (bicyclic) bond motifs is 1. The molecule has 0 aromatic heterocycles. The van der Waals surface area contributed by atoms with Crippen molar-refractivity contribution in [3.8, 4) is 5.75 Å². The number of aliphatic carboxylic acids is 1. The van der Waals surface area contributed by atoms with Crippen LogP contribution in [0.1, 0.15) is 18.4 Å². The Morgan fingerprint density at radius 1 is 1.47 bits per heavy atom. The molecular formula is C13H16O5S. The number of para-hydroxylation sites is 1. The van der Waals surface area contributed by atoms with Gasteiger partial charge < -0.3 is 9.84 Å². The summed E-state index contributed by atoms with van der Waals surface area (Å²) in [6, 6.07) is 7.33. The molecule has 2 rings (SSSR count). The summed E-state index contributed by atoms with van der Waals surface area (Å²) in [5.41, 5.74) is 0.883. The van der Waals surface area contributed by atoms with Gasteiger partial charge in [0.1, 0.15) is 5.75 Å². The molecule has 0 bridgehead atoms. The molecule has 0 aliphatic carbocycles. The lowest BCUT2D eigenvalue weighted by atomic mass is 10.0. The maximum Gasteiger partial charge on any atom is 0.307 e. The Morgan fingerprint density at radius 2 is 2.16 bits per heavy atom. The molecule has 0 saturated heterocycles. The molecule has 2 unspecified atom stereocenters. The number of benzene rings is 1. The van der Waals surface area contributed by atoms with Crippen molar-refractivity contribution in [2.45, 2.75) is 12.8 Å². The number of hydrogen-bond donors (Lipinski definition) is 1. The molecule has 19 heavy (non-hydrogen) atoms. The van der Waals surface area contributed by atoms with Gasteiger partial charge in [-0.25, -0.2) is 8.42 Å². The van der Waals surface area contributed by atoms with Crippen molar-refractivity contribution in [2.75, 3.05) is 18.1 Å². The third kappa shape index (κ3) is 3.26. The average molecular weight is 284 g/mol. The Hall–Kier alpha value is -1.56. The number of carboxylic acids is 1. The van der Waals surface area contributed by atoms with E-state index in [1.54, 1.807) is 0 Å². The zero-order chi connectivity index (χ0) is 14.0. The summed E-state index contributed by atoms with van der Waals surface area (Å²) in [7, 11) is -3.41. The molecule has 0 saturated carbocycles. The highest BCUT2D eigenvalue weighted by molar-refractivity contribution is 7.91. The van der Waals surface area contributed by atoms with Crippen LogP contribution < -0.4 is 4.74 Å². The first-order valence-electron chi connectivity index (χ1n) is 6.04. The third-order valence-corrected chi connectivity index (χ3v) is 5.10. The summed E-state index contributed by atoms with van der Waals surface area (Å²) < 4.78 is 29.4. The Kier molecular flexibility index (Phi) is 3.80. The van der Waals surface area contributed by atoms with Gasteiger partial charge in [0.05, 0.1) is 24.0 Å². The van der Waals surface area contributed by atoms with Gasteiger partial charge in [0.15, 0.2) is 9.84 Å². The topological polar surface area (TPSA) is 80.7 Å². The molecule has 104 valence electrons. The second-order valence-corrected chi connectivity index (χ2v) is 7.02. The molecule has 0 fully saturated rings. The molecule has 0 amide bonds. The van der Waals surface area contributed by atoms with Gasteiger partial charge in [0.2, 0.25) is 0 Å². The lowest BCUT2D eigenvalue weighted by Gasteiger charge is -2.11. The van der Waals surface area contributed by atoms with Gasteiger partial charge >= 0.3 is 5.97 Å². The largest absolute Gasteiger partial charge is 0.493 e. The van der Waals surface area contributed by atoms with E-state index in [-0.39, 0.29) is 17.4 Å². The van der Waals surface area contributed by atoms with Gasteiger partial charge in [-0.3, -0.25) is 4.79 Å². The SMILES string of the molecule is CC(CS(=O)(=O)CC1COc2ccccc21)C(=O)O. The van der Waals surface area contributed by atoms with E-state index in [4.69, 9.17) is 9.84 Å². The van der Waals surface area contributed by atoms with Crippen LogP contribution in [0.15, 0.2) is 24.3 Å². The van der Waals surface area contributed by atoms with E-state index in [9.17, 15) is 13.2 Å². The van der Waals surface area contributed by atoms with Crippen LogP contribution in [0.2, 0.25) is 0 Å². The van der Waals surface area contributed by atoms with Crippen LogP contribution in [0.4, 0.5) is 0 Å². The number of hydrogen-bond acceptors (Lipinski definition) is 4. The highest BCUT2D eigenvalue weighted by Gasteiger charge is 2.30. The number of sulfone groups is 1. The summed E-state index contributed by atoms with van der Waals surface area (Å²) in [5, 5.41) is 8.77. The van der Waals surface area contributed by atoms with E-state index in [1.165, 1.54) is 6.92 Å². The van der Waals surface area contributed by atoms with Crippen molar-refractivity contribution in [2.24, 2.45) is 5.92 Å². The van der Waals surface area contributed by atoms with E-state index < -0.39 is 21.7 Å². The first-order chi connectivity index (χ1) is 8.89. The lowest BCUT2D eigenvalue weighted by molar-refractivity contribution is -0.140. The molecule has 0 spiro atoms. The van der Waals surface area contributed by atoms with Gasteiger partial charge in [-0.15, -0.1) is 0 Å². The zero-order valence-electron chi connectivity index (χ0n) is 10.6. The number of rotatable bonds is 5. The quantitative estimate of drug-likeness (QED) is 0.881. The molecular weight excluding hydrogens is 268 g/mol. The minimum absolute atomic E-state index is 0.0678. The Bertz CT molecular complexity index is 578. The van der Waals surface area contributed by atoms with E-state index in [0.29, 0.717) is 12.4 Å². The Labute approximate surface area is 112 Å². The predicted octanol–water partition coefficient (Wildman–Crippen LogP) is 1.30. The summed E-state index contributed by atoms with van der Waals surface area (Å²) in [6.45, 7) is 1.74. The van der Waals surface area contributed by atoms with Crippen LogP contribution in [0.3, 0.4) is 0 Å². The molecule has 6 heteroatoms. The summed E-state index contributed by atoms with van der Waals surface area (Å²) in [5.74, 6) is -1.87. The van der Waals surface area contributed by atoms with E-state index in [0.717, 1.165) is 5.56 Å². The molecule has 5 nitrogen and oxygen atoms in total. The first-order valence-corrected chi connectivity index (χ1v) is 7.86. The fourth-order valence-corrected chi connectivity index (χ4v) is 4.12. The molecule has 1 aromatic rings.